The quantitative estimate of drug-likeness (QED) is 0.622. The van der Waals surface area contributed by atoms with Crippen LogP contribution >= 0.6 is 0 Å². The Kier molecular flexibility index (Phi) is 4.06. The Hall–Kier alpha value is -0.660. The van der Waals surface area contributed by atoms with Gasteiger partial charge in [0.1, 0.15) is 6.04 Å². The molecular formula is C8H16N2O4S. The second-order valence-electron chi connectivity index (χ2n) is 3.29. The number of methoxy groups -OCH3 is 1. The summed E-state index contributed by atoms with van der Waals surface area (Å²) in [7, 11) is -1.92. The first kappa shape index (κ1) is 12.4. The van der Waals surface area contributed by atoms with Crippen molar-refractivity contribution in [3.8, 4) is 0 Å². The summed E-state index contributed by atoms with van der Waals surface area (Å²) in [6.45, 7) is 2.62. The fraction of sp³-hybridized carbons (Fsp3) is 0.875. The number of rotatable bonds is 3. The van der Waals surface area contributed by atoms with Crippen molar-refractivity contribution in [2.75, 3.05) is 32.5 Å². The van der Waals surface area contributed by atoms with Gasteiger partial charge >= 0.3 is 5.97 Å². The third-order valence-electron chi connectivity index (χ3n) is 2.38. The number of carbonyl (C=O) groups excluding carboxylic acids is 1. The summed E-state index contributed by atoms with van der Waals surface area (Å²) >= 11 is 0. The average Bonchev–Trinajstić information content (AvgIpc) is 2.28. The molecule has 1 aliphatic rings. The predicted molar refractivity (Wildman–Crippen MR) is 54.8 cm³/mol. The fourth-order valence-corrected chi connectivity index (χ4v) is 2.57. The Morgan fingerprint density at radius 3 is 2.80 bits per heavy atom. The number of nitrogens with one attached hydrogen (secondary N) is 1. The van der Waals surface area contributed by atoms with Crippen molar-refractivity contribution < 1.29 is 17.9 Å². The molecule has 1 saturated heterocycles. The topological polar surface area (TPSA) is 75.7 Å². The molecule has 6 nitrogen and oxygen atoms in total. The van der Waals surface area contributed by atoms with E-state index in [1.54, 1.807) is 6.92 Å². The number of carbonyl (C=O) groups is 1. The first-order valence-corrected chi connectivity index (χ1v) is 6.41. The first-order chi connectivity index (χ1) is 7.01. The summed E-state index contributed by atoms with van der Waals surface area (Å²) in [6.07, 6.45) is 0. The van der Waals surface area contributed by atoms with Gasteiger partial charge in [-0.3, -0.25) is 4.79 Å². The lowest BCUT2D eigenvalue weighted by Gasteiger charge is -2.30. The Balaban J connectivity index is 2.68. The Morgan fingerprint density at radius 1 is 1.60 bits per heavy atom. The van der Waals surface area contributed by atoms with Gasteiger partial charge in [-0.1, -0.05) is 0 Å². The van der Waals surface area contributed by atoms with Gasteiger partial charge in [-0.25, -0.2) is 8.42 Å². The molecule has 0 unspecified atom stereocenters. The van der Waals surface area contributed by atoms with Crippen LogP contribution in [-0.2, 0) is 19.6 Å². The van der Waals surface area contributed by atoms with Gasteiger partial charge in [0.2, 0.25) is 10.0 Å². The van der Waals surface area contributed by atoms with Gasteiger partial charge in [-0.15, -0.1) is 0 Å². The average molecular weight is 236 g/mol. The van der Waals surface area contributed by atoms with Gasteiger partial charge in [-0.05, 0) is 6.92 Å². The van der Waals surface area contributed by atoms with Crippen molar-refractivity contribution in [1.29, 1.82) is 0 Å². The van der Waals surface area contributed by atoms with E-state index in [0.717, 1.165) is 0 Å². The van der Waals surface area contributed by atoms with Gasteiger partial charge in [0.15, 0.2) is 0 Å². The van der Waals surface area contributed by atoms with E-state index in [2.05, 4.69) is 10.1 Å². The molecule has 0 aromatic heterocycles. The van der Waals surface area contributed by atoms with Crippen LogP contribution in [0.15, 0.2) is 0 Å². The molecule has 1 atom stereocenters. The summed E-state index contributed by atoms with van der Waals surface area (Å²) < 4.78 is 29.0. The van der Waals surface area contributed by atoms with Crippen LogP contribution in [0.4, 0.5) is 0 Å². The molecule has 1 aliphatic heterocycles. The van der Waals surface area contributed by atoms with Gasteiger partial charge in [0, 0.05) is 19.6 Å². The summed E-state index contributed by atoms with van der Waals surface area (Å²) in [4.78, 5) is 11.2. The summed E-state index contributed by atoms with van der Waals surface area (Å²) in [5.74, 6) is -0.369. The summed E-state index contributed by atoms with van der Waals surface area (Å²) in [5.41, 5.74) is 0. The number of piperazine rings is 1. The van der Waals surface area contributed by atoms with E-state index in [9.17, 15) is 13.2 Å². The molecule has 7 heteroatoms. The lowest BCUT2D eigenvalue weighted by atomic mass is 10.2. The molecule has 1 N–H and O–H groups in total. The van der Waals surface area contributed by atoms with E-state index < -0.39 is 22.0 Å². The second kappa shape index (κ2) is 4.91. The molecule has 0 saturated carbocycles. The van der Waals surface area contributed by atoms with E-state index in [4.69, 9.17) is 0 Å². The Labute approximate surface area is 89.6 Å². The van der Waals surface area contributed by atoms with Crippen LogP contribution in [0.25, 0.3) is 0 Å². The standard InChI is InChI=1S/C8H16N2O4S/c1-3-15(12,13)10-5-4-9-7(6-10)8(11)14-2/h7,9H,3-6H2,1-2H3/t7-/m1/s1. The molecule has 0 radical (unpaired) electrons. The highest BCUT2D eigenvalue weighted by molar-refractivity contribution is 7.89. The highest BCUT2D eigenvalue weighted by atomic mass is 32.2. The monoisotopic (exact) mass is 236 g/mol. The minimum Gasteiger partial charge on any atom is -0.468 e. The van der Waals surface area contributed by atoms with Crippen LogP contribution in [-0.4, -0.2) is 57.2 Å². The van der Waals surface area contributed by atoms with E-state index in [1.165, 1.54) is 11.4 Å². The zero-order chi connectivity index (χ0) is 11.5. The van der Waals surface area contributed by atoms with Gasteiger partial charge < -0.3 is 10.1 Å². The minimum absolute atomic E-state index is 0.0564. The minimum atomic E-state index is -3.21. The van der Waals surface area contributed by atoms with Crippen molar-refractivity contribution in [1.82, 2.24) is 9.62 Å². The van der Waals surface area contributed by atoms with Crippen LogP contribution in [0, 0.1) is 0 Å². The van der Waals surface area contributed by atoms with E-state index in [0.29, 0.717) is 13.1 Å². The zero-order valence-corrected chi connectivity index (χ0v) is 9.71. The predicted octanol–water partition coefficient (Wildman–Crippen LogP) is -1.22. The molecule has 1 heterocycles. The Morgan fingerprint density at radius 2 is 2.27 bits per heavy atom. The molecule has 0 bridgehead atoms. The molecule has 0 spiro atoms. The van der Waals surface area contributed by atoms with Gasteiger partial charge in [0.05, 0.1) is 12.9 Å². The van der Waals surface area contributed by atoms with Crippen LogP contribution in [0.3, 0.4) is 0 Å². The normalized spacial score (nSPS) is 23.7. The van der Waals surface area contributed by atoms with Gasteiger partial charge in [-0.2, -0.15) is 4.31 Å². The molecule has 1 fully saturated rings. The molecular weight excluding hydrogens is 220 g/mol. The van der Waals surface area contributed by atoms with Gasteiger partial charge in [0.25, 0.3) is 0 Å². The fourth-order valence-electron chi connectivity index (χ4n) is 1.46. The maximum atomic E-state index is 11.6. The first-order valence-electron chi connectivity index (χ1n) is 4.80. The van der Waals surface area contributed by atoms with Crippen LogP contribution in [0.1, 0.15) is 6.92 Å². The van der Waals surface area contributed by atoms with Crippen LogP contribution < -0.4 is 5.32 Å². The molecule has 15 heavy (non-hydrogen) atoms. The summed E-state index contributed by atoms with van der Waals surface area (Å²) in [6, 6.07) is -0.551. The van der Waals surface area contributed by atoms with E-state index in [-0.39, 0.29) is 12.3 Å². The number of ether oxygens (including phenoxy) is 1. The smallest absolute Gasteiger partial charge is 0.324 e. The lowest BCUT2D eigenvalue weighted by molar-refractivity contribution is -0.143. The molecule has 0 aliphatic carbocycles. The van der Waals surface area contributed by atoms with Crippen LogP contribution in [0.5, 0.6) is 0 Å². The van der Waals surface area contributed by atoms with Crippen molar-refractivity contribution in [3.63, 3.8) is 0 Å². The van der Waals surface area contributed by atoms with Crippen molar-refractivity contribution >= 4 is 16.0 Å². The number of esters is 1. The maximum absolute atomic E-state index is 11.6. The number of sulfonamides is 1. The van der Waals surface area contributed by atoms with Crippen LogP contribution in [0.2, 0.25) is 0 Å². The third kappa shape index (κ3) is 2.90. The van der Waals surface area contributed by atoms with Crippen molar-refractivity contribution in [3.05, 3.63) is 0 Å². The van der Waals surface area contributed by atoms with E-state index >= 15 is 0 Å². The highest BCUT2D eigenvalue weighted by Gasteiger charge is 2.31. The molecule has 1 rings (SSSR count). The molecule has 0 aromatic rings. The lowest BCUT2D eigenvalue weighted by Crippen LogP contribution is -2.56. The SMILES string of the molecule is CCS(=O)(=O)N1CCN[C@@H](C(=O)OC)C1. The Bertz CT molecular complexity index is 328. The van der Waals surface area contributed by atoms with Crippen molar-refractivity contribution in [2.45, 2.75) is 13.0 Å². The highest BCUT2D eigenvalue weighted by Crippen LogP contribution is 2.07. The maximum Gasteiger partial charge on any atom is 0.324 e. The molecule has 88 valence electrons. The molecule has 0 aromatic carbocycles. The third-order valence-corrected chi connectivity index (χ3v) is 4.23. The second-order valence-corrected chi connectivity index (χ2v) is 5.55. The number of hydrogen-bond acceptors (Lipinski definition) is 5. The largest absolute Gasteiger partial charge is 0.468 e. The number of hydrogen-bond donors (Lipinski definition) is 1. The van der Waals surface area contributed by atoms with Crippen molar-refractivity contribution in [2.24, 2.45) is 0 Å². The summed E-state index contributed by atoms with van der Waals surface area (Å²) in [5, 5.41) is 2.92. The van der Waals surface area contributed by atoms with E-state index in [1.807, 2.05) is 0 Å². The molecule has 0 amide bonds. The zero-order valence-electron chi connectivity index (χ0n) is 8.89. The number of nitrogens with zero attached hydrogens (tertiary/aromatic N) is 1.